The zero-order valence-electron chi connectivity index (χ0n) is 17.5. The minimum absolute atomic E-state index is 0.0701. The molecule has 5 heteroatoms. The molecule has 0 fully saturated rings. The van der Waals surface area contributed by atoms with E-state index in [-0.39, 0.29) is 6.61 Å². The van der Waals surface area contributed by atoms with Crippen LogP contribution in [0.2, 0.25) is 0 Å². The Hall–Kier alpha value is -2.75. The average Bonchev–Trinajstić information content (AvgIpc) is 2.75. The Morgan fingerprint density at radius 3 is 2.10 bits per heavy atom. The minimum Gasteiger partial charge on any atom is -0.380 e. The molecule has 0 radical (unpaired) electrons. The number of hydrogen-bond acceptors (Lipinski definition) is 3. The molecule has 1 N–H and O–H groups in total. The molecule has 1 unspecified atom stereocenters. The smallest absolute Gasteiger partial charge is 0.325 e. The van der Waals surface area contributed by atoms with Gasteiger partial charge in [0.15, 0.2) is 0 Å². The van der Waals surface area contributed by atoms with E-state index in [1.54, 1.807) is 7.11 Å². The second kappa shape index (κ2) is 7.74. The third-order valence-electron chi connectivity index (χ3n) is 5.67. The van der Waals surface area contributed by atoms with Crippen molar-refractivity contribution in [2.24, 2.45) is 0 Å². The molecule has 31 heavy (non-hydrogen) atoms. The first-order valence-corrected chi connectivity index (χ1v) is 12.2. The molecule has 5 aromatic carbocycles. The summed E-state index contributed by atoms with van der Waals surface area (Å²) in [5, 5.41) is 7.41. The first kappa shape index (κ1) is 20.2. The molecule has 0 aliphatic heterocycles. The van der Waals surface area contributed by atoms with Gasteiger partial charge in [0.1, 0.15) is 0 Å². The molecule has 5 aromatic rings. The molecule has 5 rings (SSSR count). The number of rotatable bonds is 6. The van der Waals surface area contributed by atoms with Crippen molar-refractivity contribution in [3.63, 3.8) is 0 Å². The van der Waals surface area contributed by atoms with Gasteiger partial charge in [0.05, 0.1) is 13.2 Å². The van der Waals surface area contributed by atoms with E-state index in [4.69, 9.17) is 9.26 Å². The number of hydrogen-bond donors (Lipinski definition) is 1. The van der Waals surface area contributed by atoms with E-state index in [2.05, 4.69) is 60.7 Å². The maximum absolute atomic E-state index is 11.6. The summed E-state index contributed by atoms with van der Waals surface area (Å²) in [6.45, 7) is 1.73. The lowest BCUT2D eigenvalue weighted by Crippen LogP contribution is -1.96. The fraction of sp³-hybridized carbons (Fsp3) is 0.154. The number of ether oxygens (including phenoxy) is 1. The van der Waals surface area contributed by atoms with Gasteiger partial charge in [-0.15, -0.1) is 0 Å². The molecule has 0 aliphatic rings. The number of benzene rings is 5. The third-order valence-corrected chi connectivity index (χ3v) is 6.28. The normalized spacial score (nSPS) is 13.9. The van der Waals surface area contributed by atoms with Gasteiger partial charge in [-0.2, -0.15) is 0 Å². The summed E-state index contributed by atoms with van der Waals surface area (Å²) in [5.41, 5.74) is 3.99. The zero-order valence-corrected chi connectivity index (χ0v) is 18.4. The predicted molar refractivity (Wildman–Crippen MR) is 127 cm³/mol. The van der Waals surface area contributed by atoms with Crippen LogP contribution in [-0.4, -0.2) is 18.7 Å². The van der Waals surface area contributed by atoms with Crippen molar-refractivity contribution in [2.45, 2.75) is 13.2 Å². The molecular formula is C26H23O4P. The van der Waals surface area contributed by atoms with Crippen LogP contribution in [0, 0.1) is 0 Å². The van der Waals surface area contributed by atoms with Crippen molar-refractivity contribution in [2.75, 3.05) is 13.8 Å². The van der Waals surface area contributed by atoms with E-state index in [0.717, 1.165) is 22.3 Å². The molecule has 0 aromatic heterocycles. The topological polar surface area (TPSA) is 55.8 Å². The van der Waals surface area contributed by atoms with E-state index in [0.29, 0.717) is 6.61 Å². The van der Waals surface area contributed by atoms with Gasteiger partial charge in [-0.25, -0.2) is 0 Å². The van der Waals surface area contributed by atoms with Gasteiger partial charge in [-0.05, 0) is 66.7 Å². The van der Waals surface area contributed by atoms with Gasteiger partial charge in [-0.1, -0.05) is 60.7 Å². The van der Waals surface area contributed by atoms with Crippen molar-refractivity contribution >= 4 is 39.9 Å². The molecule has 0 saturated heterocycles. The van der Waals surface area contributed by atoms with Crippen LogP contribution in [0.3, 0.4) is 0 Å². The van der Waals surface area contributed by atoms with Gasteiger partial charge in [-0.3, -0.25) is 4.57 Å². The number of methoxy groups -OCH3 is 1. The summed E-state index contributed by atoms with van der Waals surface area (Å²) in [4.78, 5) is 9.55. The van der Waals surface area contributed by atoms with Crippen molar-refractivity contribution in [1.29, 1.82) is 0 Å². The van der Waals surface area contributed by atoms with Crippen molar-refractivity contribution in [1.82, 2.24) is 0 Å². The average molecular weight is 430 g/mol. The van der Waals surface area contributed by atoms with E-state index < -0.39 is 7.60 Å². The summed E-state index contributed by atoms with van der Waals surface area (Å²) in [6, 6.07) is 25.5. The van der Waals surface area contributed by atoms with Crippen LogP contribution >= 0.6 is 7.60 Å². The van der Waals surface area contributed by atoms with Crippen molar-refractivity contribution in [3.05, 3.63) is 83.9 Å². The summed E-state index contributed by atoms with van der Waals surface area (Å²) < 4.78 is 22.2. The molecule has 0 heterocycles. The van der Waals surface area contributed by atoms with E-state index in [1.807, 2.05) is 12.1 Å². The van der Waals surface area contributed by atoms with E-state index in [9.17, 15) is 9.46 Å². The fourth-order valence-electron chi connectivity index (χ4n) is 4.43. The second-order valence-corrected chi connectivity index (χ2v) is 9.88. The SMILES string of the molecule is COCc1cc(COP(C)(=O)O)cc(-c2ccc3ccc4cccc5ccc2c3c45)c1. The Labute approximate surface area is 180 Å². The predicted octanol–water partition coefficient (Wildman–Crippen LogP) is 6.73. The highest BCUT2D eigenvalue weighted by atomic mass is 31.2. The van der Waals surface area contributed by atoms with Gasteiger partial charge >= 0.3 is 7.60 Å². The second-order valence-electron chi connectivity index (χ2n) is 8.02. The first-order valence-electron chi connectivity index (χ1n) is 10.2. The summed E-state index contributed by atoms with van der Waals surface area (Å²) >= 11 is 0. The van der Waals surface area contributed by atoms with Gasteiger partial charge in [0.2, 0.25) is 0 Å². The Balaban J connectivity index is 1.72. The van der Waals surface area contributed by atoms with Gasteiger partial charge < -0.3 is 14.2 Å². The van der Waals surface area contributed by atoms with Crippen molar-refractivity contribution < 1.29 is 18.7 Å². The molecule has 0 aliphatic carbocycles. The lowest BCUT2D eigenvalue weighted by atomic mass is 9.89. The van der Waals surface area contributed by atoms with Crippen molar-refractivity contribution in [3.8, 4) is 11.1 Å². The van der Waals surface area contributed by atoms with Crippen LogP contribution in [0.5, 0.6) is 0 Å². The Morgan fingerprint density at radius 1 is 0.806 bits per heavy atom. The van der Waals surface area contributed by atoms with Crippen LogP contribution in [0.15, 0.2) is 72.8 Å². The highest BCUT2D eigenvalue weighted by Gasteiger charge is 2.15. The Kier molecular flexibility index (Phi) is 5.04. The lowest BCUT2D eigenvalue weighted by Gasteiger charge is -2.16. The zero-order chi connectivity index (χ0) is 21.6. The molecule has 0 saturated carbocycles. The molecule has 4 nitrogen and oxygen atoms in total. The summed E-state index contributed by atoms with van der Waals surface area (Å²) in [5.74, 6) is 0. The molecule has 0 amide bonds. The maximum Gasteiger partial charge on any atom is 0.325 e. The summed E-state index contributed by atoms with van der Waals surface area (Å²) in [7, 11) is -1.90. The molecule has 0 bridgehead atoms. The van der Waals surface area contributed by atoms with Gasteiger partial charge in [0, 0.05) is 13.8 Å². The van der Waals surface area contributed by atoms with E-state index >= 15 is 0 Å². The Bertz CT molecular complexity index is 1440. The van der Waals surface area contributed by atoms with Crippen LogP contribution in [0.25, 0.3) is 43.4 Å². The monoisotopic (exact) mass is 430 g/mol. The summed E-state index contributed by atoms with van der Waals surface area (Å²) in [6.07, 6.45) is 0. The largest absolute Gasteiger partial charge is 0.380 e. The van der Waals surface area contributed by atoms with Gasteiger partial charge in [0.25, 0.3) is 0 Å². The maximum atomic E-state index is 11.6. The molecular weight excluding hydrogens is 407 g/mol. The van der Waals surface area contributed by atoms with Crippen LogP contribution in [0.1, 0.15) is 11.1 Å². The van der Waals surface area contributed by atoms with Crippen LogP contribution in [-0.2, 0) is 27.0 Å². The third kappa shape index (κ3) is 3.84. The lowest BCUT2D eigenvalue weighted by molar-refractivity contribution is 0.184. The quantitative estimate of drug-likeness (QED) is 0.240. The minimum atomic E-state index is -3.56. The molecule has 1 atom stereocenters. The first-order chi connectivity index (χ1) is 14.9. The standard InChI is InChI=1S/C26H23O4P/c1-29-15-17-12-18(16-30-31(2,27)28)14-22(13-17)23-10-8-21-7-6-19-4-3-5-20-9-11-24(23)26(21)25(19)20/h3-14H,15-16H2,1-2H3,(H,27,28). The molecule has 156 valence electrons. The fourth-order valence-corrected chi connectivity index (χ4v) is 4.82. The Morgan fingerprint density at radius 2 is 1.42 bits per heavy atom. The highest BCUT2D eigenvalue weighted by molar-refractivity contribution is 7.51. The van der Waals surface area contributed by atoms with Crippen LogP contribution in [0.4, 0.5) is 0 Å². The van der Waals surface area contributed by atoms with Crippen LogP contribution < -0.4 is 0 Å². The highest BCUT2D eigenvalue weighted by Crippen LogP contribution is 2.41. The molecule has 0 spiro atoms. The van der Waals surface area contributed by atoms with E-state index in [1.165, 1.54) is 39.0 Å².